The molecule has 1 aliphatic rings. The van der Waals surface area contributed by atoms with Crippen molar-refractivity contribution in [3.05, 3.63) is 81.6 Å². The third-order valence-corrected chi connectivity index (χ3v) is 7.50. The summed E-state index contributed by atoms with van der Waals surface area (Å²) in [4.78, 5) is 33.0. The van der Waals surface area contributed by atoms with Crippen LogP contribution in [0.15, 0.2) is 64.5 Å². The molecule has 0 spiro atoms. The summed E-state index contributed by atoms with van der Waals surface area (Å²) in [5.41, 5.74) is 3.69. The third kappa shape index (κ3) is 6.60. The largest absolute Gasteiger partial charge is 0.496 e. The van der Waals surface area contributed by atoms with Crippen molar-refractivity contribution in [1.82, 2.24) is 14.6 Å². The first-order chi connectivity index (χ1) is 21.3. The van der Waals surface area contributed by atoms with E-state index in [1.807, 2.05) is 44.2 Å². The van der Waals surface area contributed by atoms with Crippen molar-refractivity contribution in [2.45, 2.75) is 33.6 Å². The lowest BCUT2D eigenvalue weighted by molar-refractivity contribution is -0.137. The average molecular weight is 599 g/mol. The van der Waals surface area contributed by atoms with Crippen LogP contribution in [0.1, 0.15) is 43.4 Å². The highest BCUT2D eigenvalue weighted by molar-refractivity contribution is 5.83. The van der Waals surface area contributed by atoms with E-state index in [1.54, 1.807) is 42.5 Å². The predicted octanol–water partition coefficient (Wildman–Crippen LogP) is 5.02. The van der Waals surface area contributed by atoms with Crippen molar-refractivity contribution in [3.63, 3.8) is 0 Å². The number of nitrogens with zero attached hydrogens (tertiary/aromatic N) is 4. The van der Waals surface area contributed by atoms with Crippen molar-refractivity contribution >= 4 is 23.0 Å². The number of fused-ring (bicyclic) bond motifs is 1. The second kappa shape index (κ2) is 13.7. The number of aromatic nitrogens is 2. The number of morpholine rings is 1. The maximum absolute atomic E-state index is 13.8. The van der Waals surface area contributed by atoms with Crippen LogP contribution in [0.5, 0.6) is 17.2 Å². The minimum Gasteiger partial charge on any atom is -0.496 e. The average Bonchev–Trinajstić information content (AvgIpc) is 3.04. The molecule has 1 saturated heterocycles. The van der Waals surface area contributed by atoms with Crippen molar-refractivity contribution in [2.24, 2.45) is 5.10 Å². The number of para-hydroxylation sites is 1. The first-order valence-electron chi connectivity index (χ1n) is 14.8. The van der Waals surface area contributed by atoms with E-state index in [4.69, 9.17) is 23.9 Å². The van der Waals surface area contributed by atoms with Gasteiger partial charge in [-0.15, -0.1) is 0 Å². The summed E-state index contributed by atoms with van der Waals surface area (Å²) >= 11 is 0. The molecule has 0 bridgehead atoms. The van der Waals surface area contributed by atoms with Gasteiger partial charge in [0, 0.05) is 18.7 Å². The molecule has 0 unspecified atom stereocenters. The Labute approximate surface area is 256 Å². The molecule has 0 radical (unpaired) electrons. The van der Waals surface area contributed by atoms with E-state index in [9.17, 15) is 9.59 Å². The Hall–Kier alpha value is -4.70. The monoisotopic (exact) mass is 598 g/mol. The van der Waals surface area contributed by atoms with Crippen LogP contribution < -0.4 is 19.8 Å². The molecule has 1 aromatic heterocycles. The van der Waals surface area contributed by atoms with Gasteiger partial charge in [-0.1, -0.05) is 26.0 Å². The molecule has 0 aliphatic carbocycles. The number of benzene rings is 3. The first kappa shape index (κ1) is 30.7. The zero-order valence-corrected chi connectivity index (χ0v) is 25.8. The molecule has 10 nitrogen and oxygen atoms in total. The Morgan fingerprint density at radius 2 is 1.82 bits per heavy atom. The number of carbonyl (C=O) groups is 1. The van der Waals surface area contributed by atoms with Gasteiger partial charge >= 0.3 is 0 Å². The Bertz CT molecular complexity index is 1740. The van der Waals surface area contributed by atoms with E-state index in [2.05, 4.69) is 18.9 Å². The quantitative estimate of drug-likeness (QED) is 0.236. The molecular weight excluding hydrogens is 560 g/mol. The number of hydrogen-bond donors (Lipinski definition) is 0. The van der Waals surface area contributed by atoms with Gasteiger partial charge in [0.15, 0.2) is 23.9 Å². The molecule has 230 valence electrons. The van der Waals surface area contributed by atoms with Crippen LogP contribution in [0, 0.1) is 6.92 Å². The number of hydrogen-bond acceptors (Lipinski definition) is 8. The Morgan fingerprint density at radius 3 is 2.55 bits per heavy atom. The van der Waals surface area contributed by atoms with E-state index in [-0.39, 0.29) is 24.0 Å². The molecule has 0 atom stereocenters. The van der Waals surface area contributed by atoms with Crippen LogP contribution in [0.25, 0.3) is 22.3 Å². The zero-order chi connectivity index (χ0) is 31.2. The number of aryl methyl sites for hydroxylation is 1. The Morgan fingerprint density at radius 1 is 1.05 bits per heavy atom. The molecular formula is C34H38N4O6. The molecule has 1 fully saturated rings. The van der Waals surface area contributed by atoms with E-state index in [0.717, 1.165) is 22.4 Å². The summed E-state index contributed by atoms with van der Waals surface area (Å²) in [6, 6.07) is 16.6. The fraction of sp³-hybridized carbons (Fsp3) is 0.353. The summed E-state index contributed by atoms with van der Waals surface area (Å²) in [7, 11) is 1.66. The number of ether oxygens (including phenoxy) is 4. The zero-order valence-electron chi connectivity index (χ0n) is 25.8. The Balaban J connectivity index is 1.52. The summed E-state index contributed by atoms with van der Waals surface area (Å²) in [6.07, 6.45) is 1.59. The van der Waals surface area contributed by atoms with Gasteiger partial charge in [-0.3, -0.25) is 9.59 Å². The molecule has 2 heterocycles. The summed E-state index contributed by atoms with van der Waals surface area (Å²) in [6.45, 7) is 10.5. The fourth-order valence-corrected chi connectivity index (χ4v) is 5.13. The summed E-state index contributed by atoms with van der Waals surface area (Å²) < 4.78 is 24.0. The highest BCUT2D eigenvalue weighted by atomic mass is 16.5. The summed E-state index contributed by atoms with van der Waals surface area (Å²) in [5, 5.41) is 5.11. The Kier molecular flexibility index (Phi) is 9.59. The van der Waals surface area contributed by atoms with Gasteiger partial charge in [0.05, 0.1) is 44.0 Å². The van der Waals surface area contributed by atoms with Crippen LogP contribution in [0.3, 0.4) is 0 Å². The molecule has 10 heteroatoms. The predicted molar refractivity (Wildman–Crippen MR) is 170 cm³/mol. The lowest BCUT2D eigenvalue weighted by atomic mass is 9.96. The van der Waals surface area contributed by atoms with Crippen molar-refractivity contribution in [2.75, 3.05) is 46.6 Å². The molecule has 1 aliphatic heterocycles. The summed E-state index contributed by atoms with van der Waals surface area (Å²) in [5.74, 6) is 2.23. The van der Waals surface area contributed by atoms with Crippen LogP contribution in [-0.2, 0) is 9.53 Å². The minimum atomic E-state index is -0.283. The van der Waals surface area contributed by atoms with Gasteiger partial charge in [0.25, 0.3) is 11.5 Å². The van der Waals surface area contributed by atoms with Crippen LogP contribution in [-0.4, -0.2) is 73.3 Å². The van der Waals surface area contributed by atoms with Crippen molar-refractivity contribution < 1.29 is 23.7 Å². The van der Waals surface area contributed by atoms with E-state index < -0.39 is 0 Å². The number of amides is 1. The molecule has 3 aromatic carbocycles. The maximum atomic E-state index is 13.8. The topological polar surface area (TPSA) is 104 Å². The van der Waals surface area contributed by atoms with Gasteiger partial charge in [-0.2, -0.15) is 9.78 Å². The van der Waals surface area contributed by atoms with Gasteiger partial charge in [-0.25, -0.2) is 4.98 Å². The second-order valence-electron chi connectivity index (χ2n) is 10.8. The lowest BCUT2D eigenvalue weighted by Gasteiger charge is -2.26. The molecule has 44 heavy (non-hydrogen) atoms. The second-order valence-corrected chi connectivity index (χ2v) is 10.8. The highest BCUT2D eigenvalue weighted by Crippen LogP contribution is 2.34. The van der Waals surface area contributed by atoms with Crippen molar-refractivity contribution in [3.8, 4) is 28.6 Å². The standard InChI is InChI=1S/C34H38N4O6/c1-6-43-31-18-24(11-12-29(31)44-21-32(39)37-13-15-42-16-14-37)20-35-38-33(36-28-10-8-7-9-25(28)34(38)40)27-19-26(22(2)3)30(41-5)17-23(27)4/h7-12,17-20,22H,6,13-16,21H2,1-5H3. The molecule has 5 rings (SSSR count). The number of carbonyl (C=O) groups excluding carboxylic acids is 1. The number of methoxy groups -OCH3 is 1. The van der Waals surface area contributed by atoms with Crippen LogP contribution in [0.2, 0.25) is 0 Å². The first-order valence-corrected chi connectivity index (χ1v) is 14.8. The smallest absolute Gasteiger partial charge is 0.282 e. The van der Waals surface area contributed by atoms with E-state index >= 15 is 0 Å². The fourth-order valence-electron chi connectivity index (χ4n) is 5.13. The third-order valence-electron chi connectivity index (χ3n) is 7.50. The van der Waals surface area contributed by atoms with E-state index in [0.29, 0.717) is 66.7 Å². The highest BCUT2D eigenvalue weighted by Gasteiger charge is 2.20. The van der Waals surface area contributed by atoms with Crippen LogP contribution >= 0.6 is 0 Å². The van der Waals surface area contributed by atoms with Gasteiger partial charge in [-0.05, 0) is 78.9 Å². The molecule has 0 N–H and O–H groups in total. The van der Waals surface area contributed by atoms with Crippen molar-refractivity contribution in [1.29, 1.82) is 0 Å². The molecule has 0 saturated carbocycles. The maximum Gasteiger partial charge on any atom is 0.282 e. The molecule has 1 amide bonds. The van der Waals surface area contributed by atoms with Gasteiger partial charge in [0.1, 0.15) is 5.75 Å². The number of rotatable bonds is 10. The van der Waals surface area contributed by atoms with E-state index in [1.165, 1.54) is 4.68 Å². The lowest BCUT2D eigenvalue weighted by Crippen LogP contribution is -2.43. The molecule has 4 aromatic rings. The normalized spacial score (nSPS) is 13.5. The van der Waals surface area contributed by atoms with Gasteiger partial charge in [0.2, 0.25) is 0 Å². The van der Waals surface area contributed by atoms with Crippen LogP contribution in [0.4, 0.5) is 0 Å². The minimum absolute atomic E-state index is 0.103. The van der Waals surface area contributed by atoms with Gasteiger partial charge < -0.3 is 23.8 Å². The SMILES string of the molecule is CCOc1cc(C=Nn2c(-c3cc(C(C)C)c(OC)cc3C)nc3ccccc3c2=O)ccc1OCC(=O)N1CCOCC1.